The first-order valence-electron chi connectivity index (χ1n) is 11.9. The number of hydrogen-bond acceptors (Lipinski definition) is 6. The molecule has 2 saturated heterocycles. The number of fused-ring (bicyclic) bond motifs is 1. The molecule has 5 rings (SSSR count). The molecule has 6 nitrogen and oxygen atoms in total. The summed E-state index contributed by atoms with van der Waals surface area (Å²) < 4.78 is 14.3. The smallest absolute Gasteiger partial charge is 0.292 e. The number of ether oxygens (including phenoxy) is 2. The van der Waals surface area contributed by atoms with Crippen LogP contribution >= 0.6 is 22.9 Å². The highest BCUT2D eigenvalue weighted by Gasteiger charge is 2.26. The highest BCUT2D eigenvalue weighted by atomic mass is 35.5. The van der Waals surface area contributed by atoms with Gasteiger partial charge in [-0.1, -0.05) is 23.7 Å². The monoisotopic (exact) mass is 487 g/mol. The van der Waals surface area contributed by atoms with Gasteiger partial charge in [0, 0.05) is 24.8 Å². The van der Waals surface area contributed by atoms with Crippen LogP contribution in [-0.2, 0) is 22.4 Å². The van der Waals surface area contributed by atoms with Crippen molar-refractivity contribution in [3.8, 4) is 0 Å². The standard InChI is InChI=1S/C25H30ClN3O3S/c1-16-18(6-2-7-19(16)26)15-29-23(20-8-4-13-32-20)28-25(30)22-24(29)27-21(33-22)10-9-17-5-3-12-31-14-11-17/h2,6-7,17,20H,3-5,8-15H2,1H3. The van der Waals surface area contributed by atoms with Crippen molar-refractivity contribution in [3.05, 3.63) is 55.5 Å². The van der Waals surface area contributed by atoms with E-state index < -0.39 is 0 Å². The highest BCUT2D eigenvalue weighted by Crippen LogP contribution is 2.31. The summed E-state index contributed by atoms with van der Waals surface area (Å²) in [7, 11) is 0. The van der Waals surface area contributed by atoms with E-state index in [4.69, 9.17) is 26.1 Å². The molecule has 0 N–H and O–H groups in total. The van der Waals surface area contributed by atoms with E-state index in [2.05, 4.69) is 15.6 Å². The average molecular weight is 488 g/mol. The lowest BCUT2D eigenvalue weighted by molar-refractivity contribution is 0.101. The van der Waals surface area contributed by atoms with E-state index in [1.807, 2.05) is 19.1 Å². The lowest BCUT2D eigenvalue weighted by Gasteiger charge is -2.18. The maximum Gasteiger partial charge on any atom is 0.292 e. The van der Waals surface area contributed by atoms with Gasteiger partial charge in [-0.3, -0.25) is 4.79 Å². The topological polar surface area (TPSA) is 66.2 Å². The molecule has 0 spiro atoms. The van der Waals surface area contributed by atoms with E-state index in [0.717, 1.165) is 78.5 Å². The molecular formula is C25H30ClN3O3S. The second-order valence-corrected chi connectivity index (χ2v) is 10.6. The second-order valence-electron chi connectivity index (χ2n) is 9.10. The fourth-order valence-electron chi connectivity index (χ4n) is 4.87. The molecule has 2 aliphatic heterocycles. The summed E-state index contributed by atoms with van der Waals surface area (Å²) in [5.41, 5.74) is 2.67. The van der Waals surface area contributed by atoms with E-state index in [-0.39, 0.29) is 11.7 Å². The van der Waals surface area contributed by atoms with E-state index in [9.17, 15) is 4.79 Å². The van der Waals surface area contributed by atoms with Crippen LogP contribution in [0.1, 0.15) is 66.6 Å². The van der Waals surface area contributed by atoms with Gasteiger partial charge >= 0.3 is 0 Å². The van der Waals surface area contributed by atoms with Crippen LogP contribution < -0.4 is 5.56 Å². The first-order chi connectivity index (χ1) is 16.1. The van der Waals surface area contributed by atoms with E-state index >= 15 is 0 Å². The Bertz CT molecular complexity index is 1180. The quantitative estimate of drug-likeness (QED) is 0.461. The molecule has 2 atom stereocenters. The first kappa shape index (κ1) is 23.0. The van der Waals surface area contributed by atoms with Crippen molar-refractivity contribution < 1.29 is 9.47 Å². The van der Waals surface area contributed by atoms with E-state index in [1.165, 1.54) is 17.8 Å². The number of rotatable bonds is 6. The summed E-state index contributed by atoms with van der Waals surface area (Å²) in [5, 5.41) is 1.75. The summed E-state index contributed by atoms with van der Waals surface area (Å²) >= 11 is 7.90. The summed E-state index contributed by atoms with van der Waals surface area (Å²) in [5.74, 6) is 1.34. The Morgan fingerprint density at radius 3 is 2.88 bits per heavy atom. The molecule has 0 radical (unpaired) electrons. The van der Waals surface area contributed by atoms with Crippen LogP contribution in [0.15, 0.2) is 23.0 Å². The van der Waals surface area contributed by atoms with Gasteiger partial charge in [0.05, 0.1) is 11.6 Å². The maximum atomic E-state index is 13.0. The zero-order valence-electron chi connectivity index (χ0n) is 19.0. The molecule has 2 unspecified atom stereocenters. The molecule has 2 fully saturated rings. The first-order valence-corrected chi connectivity index (χ1v) is 13.1. The number of nitrogens with zero attached hydrogens (tertiary/aromatic N) is 3. The largest absolute Gasteiger partial charge is 0.381 e. The van der Waals surface area contributed by atoms with Gasteiger partial charge in [0.1, 0.15) is 16.6 Å². The zero-order valence-corrected chi connectivity index (χ0v) is 20.6. The third-order valence-electron chi connectivity index (χ3n) is 6.86. The van der Waals surface area contributed by atoms with Gasteiger partial charge in [0.15, 0.2) is 5.65 Å². The Balaban J connectivity index is 1.51. The van der Waals surface area contributed by atoms with Crippen molar-refractivity contribution in [1.82, 2.24) is 14.5 Å². The predicted octanol–water partition coefficient (Wildman–Crippen LogP) is 5.46. The van der Waals surface area contributed by atoms with Gasteiger partial charge in [0.25, 0.3) is 5.56 Å². The van der Waals surface area contributed by atoms with Gasteiger partial charge in [-0.15, -0.1) is 11.3 Å². The Morgan fingerprint density at radius 2 is 2.03 bits per heavy atom. The van der Waals surface area contributed by atoms with Crippen molar-refractivity contribution in [3.63, 3.8) is 0 Å². The number of thiazole rings is 1. The lowest BCUT2D eigenvalue weighted by atomic mass is 9.95. The van der Waals surface area contributed by atoms with E-state index in [0.29, 0.717) is 29.6 Å². The zero-order chi connectivity index (χ0) is 22.8. The van der Waals surface area contributed by atoms with Crippen molar-refractivity contribution in [2.24, 2.45) is 5.92 Å². The van der Waals surface area contributed by atoms with Crippen molar-refractivity contribution >= 4 is 33.3 Å². The normalized spacial score (nSPS) is 21.5. The molecule has 0 amide bonds. The number of benzene rings is 1. The van der Waals surface area contributed by atoms with Crippen molar-refractivity contribution in [1.29, 1.82) is 0 Å². The number of aryl methyl sites for hydroxylation is 1. The molecule has 1 aromatic carbocycles. The van der Waals surface area contributed by atoms with Crippen LogP contribution in [0.3, 0.4) is 0 Å². The van der Waals surface area contributed by atoms with Gasteiger partial charge in [-0.25, -0.2) is 4.98 Å². The van der Waals surface area contributed by atoms with Gasteiger partial charge in [0.2, 0.25) is 0 Å². The third-order valence-corrected chi connectivity index (χ3v) is 8.36. The average Bonchev–Trinajstić information content (AvgIpc) is 3.42. The summed E-state index contributed by atoms with van der Waals surface area (Å²) in [6.07, 6.45) is 7.08. The maximum absolute atomic E-state index is 13.0. The molecule has 0 bridgehead atoms. The highest BCUT2D eigenvalue weighted by molar-refractivity contribution is 7.18. The van der Waals surface area contributed by atoms with Gasteiger partial charge in [-0.2, -0.15) is 4.98 Å². The van der Waals surface area contributed by atoms with Crippen molar-refractivity contribution in [2.75, 3.05) is 19.8 Å². The van der Waals surface area contributed by atoms with Crippen LogP contribution in [0.4, 0.5) is 0 Å². The number of hydrogen-bond donors (Lipinski definition) is 0. The third kappa shape index (κ3) is 5.02. The number of aromatic nitrogens is 3. The molecule has 8 heteroatoms. The molecule has 33 heavy (non-hydrogen) atoms. The minimum absolute atomic E-state index is 0.169. The van der Waals surface area contributed by atoms with Gasteiger partial charge in [-0.05, 0) is 75.0 Å². The lowest BCUT2D eigenvalue weighted by Crippen LogP contribution is -2.21. The SMILES string of the molecule is Cc1c(Cl)cccc1Cn1c(C2CCCO2)nc(=O)c2sc(CCC3CCCOCC3)nc21. The molecule has 2 aromatic heterocycles. The predicted molar refractivity (Wildman–Crippen MR) is 131 cm³/mol. The second kappa shape index (κ2) is 10.2. The van der Waals surface area contributed by atoms with Crippen LogP contribution in [0.2, 0.25) is 5.02 Å². The van der Waals surface area contributed by atoms with Crippen molar-refractivity contribution in [2.45, 2.75) is 64.5 Å². The Kier molecular flexibility index (Phi) is 7.11. The molecule has 2 aliphatic rings. The Labute approximate surface area is 202 Å². The van der Waals surface area contributed by atoms with Crippen LogP contribution in [0.5, 0.6) is 0 Å². The molecule has 0 aliphatic carbocycles. The summed E-state index contributed by atoms with van der Waals surface area (Å²) in [6.45, 7) is 5.01. The van der Waals surface area contributed by atoms with Crippen LogP contribution in [-0.4, -0.2) is 34.4 Å². The van der Waals surface area contributed by atoms with E-state index in [1.54, 1.807) is 0 Å². The Morgan fingerprint density at radius 1 is 1.15 bits per heavy atom. The fourth-order valence-corrected chi connectivity index (χ4v) is 6.03. The van der Waals surface area contributed by atoms with Crippen LogP contribution in [0.25, 0.3) is 10.3 Å². The fraction of sp³-hybridized carbons (Fsp3) is 0.560. The molecule has 0 saturated carbocycles. The molecular weight excluding hydrogens is 458 g/mol. The minimum atomic E-state index is -0.193. The van der Waals surface area contributed by atoms with Gasteiger partial charge < -0.3 is 14.0 Å². The summed E-state index contributed by atoms with van der Waals surface area (Å²) in [4.78, 5) is 22.5. The molecule has 4 heterocycles. The Hall–Kier alpha value is -1.80. The van der Waals surface area contributed by atoms with Crippen LogP contribution in [0, 0.1) is 12.8 Å². The number of halogens is 1. The molecule has 176 valence electrons. The minimum Gasteiger partial charge on any atom is -0.381 e. The summed E-state index contributed by atoms with van der Waals surface area (Å²) in [6, 6.07) is 5.94. The molecule has 3 aromatic rings.